The van der Waals surface area contributed by atoms with Crippen LogP contribution in [0.5, 0.6) is 0 Å². The van der Waals surface area contributed by atoms with Crippen molar-refractivity contribution in [2.24, 2.45) is 11.7 Å². The van der Waals surface area contributed by atoms with Crippen LogP contribution in [0.25, 0.3) is 0 Å². The van der Waals surface area contributed by atoms with E-state index in [1.54, 1.807) is 0 Å². The van der Waals surface area contributed by atoms with Crippen molar-refractivity contribution in [2.45, 2.75) is 25.8 Å². The van der Waals surface area contributed by atoms with E-state index in [9.17, 15) is 4.79 Å². The van der Waals surface area contributed by atoms with Crippen LogP contribution in [-0.2, 0) is 4.79 Å². The highest BCUT2D eigenvalue weighted by Crippen LogP contribution is 2.27. The number of aromatic amines is 1. The molecule has 0 radical (unpaired) electrons. The van der Waals surface area contributed by atoms with Crippen molar-refractivity contribution in [3.8, 4) is 0 Å². The minimum Gasteiger partial charge on any atom is -0.369 e. The molecule has 2 atom stereocenters. The van der Waals surface area contributed by atoms with E-state index in [1.165, 1.54) is 5.69 Å². The van der Waals surface area contributed by atoms with Crippen molar-refractivity contribution in [2.75, 3.05) is 11.4 Å². The van der Waals surface area contributed by atoms with Gasteiger partial charge in [-0.1, -0.05) is 0 Å². The number of carbonyl (C=O) groups excluding carboxylic acids is 1. The second kappa shape index (κ2) is 3.96. The normalized spacial score (nSPS) is 26.6. The van der Waals surface area contributed by atoms with Gasteiger partial charge in [0, 0.05) is 30.9 Å². The zero-order valence-corrected chi connectivity index (χ0v) is 8.94. The SMILES string of the molecule is CC1CC(C(N)=O)CCN1c1cc[nH]c1. The zero-order valence-electron chi connectivity index (χ0n) is 8.94. The van der Waals surface area contributed by atoms with E-state index >= 15 is 0 Å². The number of hydrogen-bond donors (Lipinski definition) is 2. The lowest BCUT2D eigenvalue weighted by Gasteiger charge is -2.37. The van der Waals surface area contributed by atoms with Crippen LogP contribution in [0, 0.1) is 5.92 Å². The summed E-state index contributed by atoms with van der Waals surface area (Å²) in [4.78, 5) is 16.5. The van der Waals surface area contributed by atoms with Crippen molar-refractivity contribution in [1.29, 1.82) is 0 Å². The Balaban J connectivity index is 2.04. The Morgan fingerprint density at radius 3 is 3.00 bits per heavy atom. The van der Waals surface area contributed by atoms with E-state index in [2.05, 4.69) is 22.9 Å². The monoisotopic (exact) mass is 207 g/mol. The van der Waals surface area contributed by atoms with Gasteiger partial charge in [-0.15, -0.1) is 0 Å². The third kappa shape index (κ3) is 1.98. The fourth-order valence-corrected chi connectivity index (χ4v) is 2.31. The fraction of sp³-hybridized carbons (Fsp3) is 0.545. The Morgan fingerprint density at radius 1 is 1.67 bits per heavy atom. The molecule has 2 heterocycles. The van der Waals surface area contributed by atoms with Crippen molar-refractivity contribution in [3.05, 3.63) is 18.5 Å². The topological polar surface area (TPSA) is 62.1 Å². The average molecular weight is 207 g/mol. The zero-order chi connectivity index (χ0) is 10.8. The van der Waals surface area contributed by atoms with Gasteiger partial charge in [-0.3, -0.25) is 4.79 Å². The molecular formula is C11H17N3O. The summed E-state index contributed by atoms with van der Waals surface area (Å²) in [5.74, 6) is -0.106. The van der Waals surface area contributed by atoms with E-state index in [4.69, 9.17) is 5.73 Å². The molecule has 0 bridgehead atoms. The lowest BCUT2D eigenvalue weighted by molar-refractivity contribution is -0.122. The number of nitrogens with one attached hydrogen (secondary N) is 1. The smallest absolute Gasteiger partial charge is 0.220 e. The maximum Gasteiger partial charge on any atom is 0.220 e. The van der Waals surface area contributed by atoms with Gasteiger partial charge in [-0.05, 0) is 25.8 Å². The molecule has 15 heavy (non-hydrogen) atoms. The summed E-state index contributed by atoms with van der Waals surface area (Å²) in [6.07, 6.45) is 5.63. The molecule has 0 aliphatic carbocycles. The number of rotatable bonds is 2. The van der Waals surface area contributed by atoms with Crippen LogP contribution in [0.4, 0.5) is 5.69 Å². The van der Waals surface area contributed by atoms with E-state index in [0.717, 1.165) is 19.4 Å². The van der Waals surface area contributed by atoms with Crippen LogP contribution in [0.1, 0.15) is 19.8 Å². The molecule has 1 saturated heterocycles. The van der Waals surface area contributed by atoms with Gasteiger partial charge in [-0.25, -0.2) is 0 Å². The molecule has 1 aliphatic heterocycles. The van der Waals surface area contributed by atoms with Crippen LogP contribution in [0.2, 0.25) is 0 Å². The number of nitrogens with zero attached hydrogens (tertiary/aromatic N) is 1. The predicted molar refractivity (Wildman–Crippen MR) is 59.5 cm³/mol. The summed E-state index contributed by atoms with van der Waals surface area (Å²) in [6.45, 7) is 3.05. The highest BCUT2D eigenvalue weighted by molar-refractivity contribution is 5.77. The van der Waals surface area contributed by atoms with E-state index in [0.29, 0.717) is 6.04 Å². The van der Waals surface area contributed by atoms with Gasteiger partial charge in [0.25, 0.3) is 0 Å². The Bertz CT molecular complexity index is 334. The molecule has 1 fully saturated rings. The molecular weight excluding hydrogens is 190 g/mol. The number of H-pyrrole nitrogens is 1. The number of nitrogens with two attached hydrogens (primary N) is 1. The van der Waals surface area contributed by atoms with Gasteiger partial charge in [0.2, 0.25) is 5.91 Å². The molecule has 4 heteroatoms. The van der Waals surface area contributed by atoms with Crippen molar-refractivity contribution < 1.29 is 4.79 Å². The van der Waals surface area contributed by atoms with Crippen molar-refractivity contribution >= 4 is 11.6 Å². The molecule has 2 rings (SSSR count). The van der Waals surface area contributed by atoms with Gasteiger partial charge >= 0.3 is 0 Å². The fourth-order valence-electron chi connectivity index (χ4n) is 2.31. The van der Waals surface area contributed by atoms with Gasteiger partial charge in [0.1, 0.15) is 0 Å². The number of amides is 1. The number of anilines is 1. The molecule has 0 spiro atoms. The molecule has 2 unspecified atom stereocenters. The molecule has 3 N–H and O–H groups in total. The average Bonchev–Trinajstić information content (AvgIpc) is 2.70. The Hall–Kier alpha value is -1.45. The molecule has 4 nitrogen and oxygen atoms in total. The van der Waals surface area contributed by atoms with Crippen LogP contribution >= 0.6 is 0 Å². The predicted octanol–water partition coefficient (Wildman–Crippen LogP) is 1.10. The number of primary amides is 1. The minimum absolute atomic E-state index is 0.0511. The highest BCUT2D eigenvalue weighted by Gasteiger charge is 2.28. The third-order valence-corrected chi connectivity index (χ3v) is 3.19. The van der Waals surface area contributed by atoms with E-state index in [1.807, 2.05) is 12.4 Å². The maximum absolute atomic E-state index is 11.1. The number of carbonyl (C=O) groups is 1. The molecule has 1 amide bonds. The Morgan fingerprint density at radius 2 is 2.47 bits per heavy atom. The maximum atomic E-state index is 11.1. The first-order valence-corrected chi connectivity index (χ1v) is 5.37. The summed E-state index contributed by atoms with van der Waals surface area (Å²) in [6, 6.07) is 2.44. The number of aromatic nitrogens is 1. The lowest BCUT2D eigenvalue weighted by atomic mass is 9.91. The summed E-state index contributed by atoms with van der Waals surface area (Å²) in [5.41, 5.74) is 6.53. The lowest BCUT2D eigenvalue weighted by Crippen LogP contribution is -2.44. The van der Waals surface area contributed by atoms with Gasteiger partial charge in [-0.2, -0.15) is 0 Å². The minimum atomic E-state index is -0.157. The summed E-state index contributed by atoms with van der Waals surface area (Å²) >= 11 is 0. The quantitative estimate of drug-likeness (QED) is 0.763. The molecule has 0 aromatic carbocycles. The first-order valence-electron chi connectivity index (χ1n) is 5.37. The summed E-state index contributed by atoms with van der Waals surface area (Å²) < 4.78 is 0. The molecule has 1 aromatic heterocycles. The third-order valence-electron chi connectivity index (χ3n) is 3.19. The number of piperidine rings is 1. The summed E-state index contributed by atoms with van der Waals surface area (Å²) in [5, 5.41) is 0. The Kier molecular flexibility index (Phi) is 2.66. The molecule has 1 aromatic rings. The largest absolute Gasteiger partial charge is 0.369 e. The highest BCUT2D eigenvalue weighted by atomic mass is 16.1. The second-order valence-electron chi connectivity index (χ2n) is 4.24. The number of hydrogen-bond acceptors (Lipinski definition) is 2. The van der Waals surface area contributed by atoms with E-state index in [-0.39, 0.29) is 11.8 Å². The molecule has 1 aliphatic rings. The molecule has 0 saturated carbocycles. The summed E-state index contributed by atoms with van der Waals surface area (Å²) in [7, 11) is 0. The van der Waals surface area contributed by atoms with Crippen LogP contribution in [0.3, 0.4) is 0 Å². The Labute approximate surface area is 89.5 Å². The van der Waals surface area contributed by atoms with Gasteiger partial charge in [0.05, 0.1) is 5.69 Å². The first kappa shape index (κ1) is 10.1. The van der Waals surface area contributed by atoms with Gasteiger partial charge in [0.15, 0.2) is 0 Å². The van der Waals surface area contributed by atoms with Crippen LogP contribution < -0.4 is 10.6 Å². The van der Waals surface area contributed by atoms with Crippen LogP contribution in [0.15, 0.2) is 18.5 Å². The molecule has 82 valence electrons. The second-order valence-corrected chi connectivity index (χ2v) is 4.24. The van der Waals surface area contributed by atoms with Gasteiger partial charge < -0.3 is 15.6 Å². The van der Waals surface area contributed by atoms with Crippen molar-refractivity contribution in [3.63, 3.8) is 0 Å². The van der Waals surface area contributed by atoms with Crippen LogP contribution in [-0.4, -0.2) is 23.5 Å². The standard InChI is InChI=1S/C11H17N3O/c1-8-6-9(11(12)15)3-5-14(8)10-2-4-13-7-10/h2,4,7-9,13H,3,5-6H2,1H3,(H2,12,15). The van der Waals surface area contributed by atoms with E-state index < -0.39 is 0 Å². The van der Waals surface area contributed by atoms with Crippen molar-refractivity contribution in [1.82, 2.24) is 4.98 Å². The first-order chi connectivity index (χ1) is 7.18.